The van der Waals surface area contributed by atoms with Crippen LogP contribution in [-0.2, 0) is 13.1 Å². The quantitative estimate of drug-likeness (QED) is 0.259. The Labute approximate surface area is 181 Å². The van der Waals surface area contributed by atoms with Crippen molar-refractivity contribution in [3.05, 3.63) is 53.1 Å². The number of fused-ring (bicyclic) bond motifs is 1. The third kappa shape index (κ3) is 6.02. The van der Waals surface area contributed by atoms with E-state index in [1.54, 1.807) is 0 Å². The highest BCUT2D eigenvalue weighted by Crippen LogP contribution is 2.38. The minimum absolute atomic E-state index is 0. The molecule has 0 saturated carbocycles. The first-order valence-electron chi connectivity index (χ1n) is 8.22. The normalized spacial score (nSPS) is 12.6. The van der Waals surface area contributed by atoms with Crippen molar-refractivity contribution in [1.29, 1.82) is 0 Å². The first-order valence-corrected chi connectivity index (χ1v) is 8.22. The van der Waals surface area contributed by atoms with E-state index < -0.39 is 18.2 Å². The van der Waals surface area contributed by atoms with E-state index in [1.165, 1.54) is 19.2 Å². The molecule has 0 radical (unpaired) electrons. The van der Waals surface area contributed by atoms with Gasteiger partial charge in [0.25, 0.3) is 0 Å². The van der Waals surface area contributed by atoms with Crippen LogP contribution in [0.5, 0.6) is 17.2 Å². The molecular formula is C18H18F4IN3O3. The second-order valence-electron chi connectivity index (χ2n) is 5.71. The van der Waals surface area contributed by atoms with Crippen LogP contribution in [0.15, 0.2) is 35.3 Å². The number of hydrogen-bond acceptors (Lipinski definition) is 4. The molecule has 158 valence electrons. The summed E-state index contributed by atoms with van der Waals surface area (Å²) in [6, 6.07) is 5.97. The maximum Gasteiger partial charge on any atom is 0.387 e. The SMILES string of the molecule is CN=C(NCc1cc(F)ccc1F)NCc1cc2c(cc1OC(F)F)OCO2.I. The van der Waals surface area contributed by atoms with Crippen LogP contribution in [0.1, 0.15) is 11.1 Å². The Hall–Kier alpha value is -2.44. The summed E-state index contributed by atoms with van der Waals surface area (Å²) in [6.07, 6.45) is 0. The Morgan fingerprint density at radius 2 is 1.72 bits per heavy atom. The average Bonchev–Trinajstić information content (AvgIpc) is 3.11. The maximum atomic E-state index is 13.7. The first-order chi connectivity index (χ1) is 13.5. The van der Waals surface area contributed by atoms with Gasteiger partial charge in [-0.3, -0.25) is 4.99 Å². The molecule has 0 atom stereocenters. The number of benzene rings is 2. The number of guanidine groups is 1. The molecule has 2 aromatic carbocycles. The number of nitrogens with zero attached hydrogens (tertiary/aromatic N) is 1. The molecule has 11 heteroatoms. The van der Waals surface area contributed by atoms with Crippen molar-refractivity contribution in [2.45, 2.75) is 19.7 Å². The Balaban J connectivity index is 0.00000300. The molecule has 29 heavy (non-hydrogen) atoms. The van der Waals surface area contributed by atoms with E-state index >= 15 is 0 Å². The highest BCUT2D eigenvalue weighted by Gasteiger charge is 2.20. The third-order valence-electron chi connectivity index (χ3n) is 3.90. The summed E-state index contributed by atoms with van der Waals surface area (Å²) < 4.78 is 67.2. The van der Waals surface area contributed by atoms with E-state index in [9.17, 15) is 17.6 Å². The van der Waals surface area contributed by atoms with Crippen LogP contribution in [0, 0.1) is 11.6 Å². The van der Waals surface area contributed by atoms with Crippen LogP contribution in [0.3, 0.4) is 0 Å². The molecule has 0 aromatic heterocycles. The number of nitrogens with one attached hydrogen (secondary N) is 2. The van der Waals surface area contributed by atoms with Crippen LogP contribution in [0.4, 0.5) is 17.6 Å². The molecule has 2 N–H and O–H groups in total. The van der Waals surface area contributed by atoms with Gasteiger partial charge in [-0.1, -0.05) is 0 Å². The van der Waals surface area contributed by atoms with Crippen molar-refractivity contribution in [2.24, 2.45) is 4.99 Å². The molecular weight excluding hydrogens is 509 g/mol. The number of rotatable bonds is 6. The molecule has 1 aliphatic rings. The smallest absolute Gasteiger partial charge is 0.387 e. The van der Waals surface area contributed by atoms with E-state index in [2.05, 4.69) is 20.4 Å². The van der Waals surface area contributed by atoms with Gasteiger partial charge in [0, 0.05) is 37.3 Å². The van der Waals surface area contributed by atoms with Gasteiger partial charge in [0.1, 0.15) is 17.4 Å². The number of halogens is 5. The summed E-state index contributed by atoms with van der Waals surface area (Å²) in [5.74, 6) is -0.225. The van der Waals surface area contributed by atoms with E-state index in [-0.39, 0.29) is 61.1 Å². The van der Waals surface area contributed by atoms with Crippen molar-refractivity contribution in [1.82, 2.24) is 10.6 Å². The van der Waals surface area contributed by atoms with Crippen molar-refractivity contribution in [2.75, 3.05) is 13.8 Å². The minimum Gasteiger partial charge on any atom is -0.454 e. The molecule has 0 saturated heterocycles. The molecule has 1 heterocycles. The summed E-state index contributed by atoms with van der Waals surface area (Å²) >= 11 is 0. The predicted molar refractivity (Wildman–Crippen MR) is 108 cm³/mol. The molecule has 0 amide bonds. The van der Waals surface area contributed by atoms with Crippen LogP contribution in [0.2, 0.25) is 0 Å². The monoisotopic (exact) mass is 527 g/mol. The number of ether oxygens (including phenoxy) is 3. The molecule has 0 fully saturated rings. The maximum absolute atomic E-state index is 13.7. The second-order valence-corrected chi connectivity index (χ2v) is 5.71. The largest absolute Gasteiger partial charge is 0.454 e. The standard InChI is InChI=1S/C18H17F4N3O3.HI/c1-23-18(24-7-10-4-12(19)2-3-13(10)20)25-8-11-5-15-16(27-9-26-15)6-14(11)28-17(21)22;/h2-6,17H,7-9H2,1H3,(H2,23,24,25);1H. The number of aliphatic imine (C=N–C) groups is 1. The third-order valence-corrected chi connectivity index (χ3v) is 3.90. The fourth-order valence-electron chi connectivity index (χ4n) is 2.57. The zero-order valence-electron chi connectivity index (χ0n) is 15.2. The lowest BCUT2D eigenvalue weighted by atomic mass is 10.1. The van der Waals surface area contributed by atoms with Crippen molar-refractivity contribution in [3.8, 4) is 17.2 Å². The van der Waals surface area contributed by atoms with Gasteiger partial charge in [-0.2, -0.15) is 8.78 Å². The van der Waals surface area contributed by atoms with Gasteiger partial charge in [-0.05, 0) is 24.3 Å². The summed E-state index contributed by atoms with van der Waals surface area (Å²) in [7, 11) is 1.48. The van der Waals surface area contributed by atoms with Gasteiger partial charge in [0.15, 0.2) is 17.5 Å². The van der Waals surface area contributed by atoms with E-state index in [0.29, 0.717) is 17.1 Å². The van der Waals surface area contributed by atoms with Gasteiger partial charge in [-0.15, -0.1) is 24.0 Å². The predicted octanol–water partition coefficient (Wildman–Crippen LogP) is 3.78. The molecule has 0 unspecified atom stereocenters. The van der Waals surface area contributed by atoms with Crippen LogP contribution >= 0.6 is 24.0 Å². The first kappa shape index (κ1) is 22.8. The second kappa shape index (κ2) is 10.4. The van der Waals surface area contributed by atoms with Crippen molar-refractivity contribution < 1.29 is 31.8 Å². The van der Waals surface area contributed by atoms with Crippen molar-refractivity contribution in [3.63, 3.8) is 0 Å². The topological polar surface area (TPSA) is 64.1 Å². The summed E-state index contributed by atoms with van der Waals surface area (Å²) in [6.45, 7) is -2.98. The van der Waals surface area contributed by atoms with E-state index in [0.717, 1.165) is 18.2 Å². The van der Waals surface area contributed by atoms with E-state index in [4.69, 9.17) is 9.47 Å². The summed E-state index contributed by atoms with van der Waals surface area (Å²) in [4.78, 5) is 3.97. The van der Waals surface area contributed by atoms with Crippen LogP contribution in [0.25, 0.3) is 0 Å². The lowest BCUT2D eigenvalue weighted by molar-refractivity contribution is -0.0505. The summed E-state index contributed by atoms with van der Waals surface area (Å²) in [5, 5.41) is 5.72. The van der Waals surface area contributed by atoms with Gasteiger partial charge in [0.05, 0.1) is 0 Å². The van der Waals surface area contributed by atoms with Gasteiger partial charge < -0.3 is 24.8 Å². The van der Waals surface area contributed by atoms with E-state index in [1.807, 2.05) is 0 Å². The molecule has 0 aliphatic carbocycles. The molecule has 0 spiro atoms. The zero-order valence-corrected chi connectivity index (χ0v) is 17.5. The Morgan fingerprint density at radius 1 is 1.07 bits per heavy atom. The molecule has 3 rings (SSSR count). The van der Waals surface area contributed by atoms with Crippen LogP contribution < -0.4 is 24.8 Å². The Bertz CT molecular complexity index is 884. The average molecular weight is 527 g/mol. The van der Waals surface area contributed by atoms with Gasteiger partial charge >= 0.3 is 6.61 Å². The highest BCUT2D eigenvalue weighted by molar-refractivity contribution is 14.0. The summed E-state index contributed by atoms with van der Waals surface area (Å²) in [5.41, 5.74) is 0.497. The van der Waals surface area contributed by atoms with Gasteiger partial charge in [-0.25, -0.2) is 8.78 Å². The number of hydrogen-bond donors (Lipinski definition) is 2. The number of alkyl halides is 2. The Kier molecular flexibility index (Phi) is 8.17. The van der Waals surface area contributed by atoms with Crippen molar-refractivity contribution >= 4 is 29.9 Å². The van der Waals surface area contributed by atoms with Gasteiger partial charge in [0.2, 0.25) is 6.79 Å². The lowest BCUT2D eigenvalue weighted by Gasteiger charge is -2.15. The molecule has 1 aliphatic heterocycles. The molecule has 6 nitrogen and oxygen atoms in total. The highest BCUT2D eigenvalue weighted by atomic mass is 127. The van der Waals surface area contributed by atoms with Crippen LogP contribution in [-0.4, -0.2) is 26.4 Å². The Morgan fingerprint density at radius 3 is 2.38 bits per heavy atom. The fraction of sp³-hybridized carbons (Fsp3) is 0.278. The minimum atomic E-state index is -3.01. The molecule has 0 bridgehead atoms. The zero-order chi connectivity index (χ0) is 20.1. The fourth-order valence-corrected chi connectivity index (χ4v) is 2.57. The lowest BCUT2D eigenvalue weighted by Crippen LogP contribution is -2.36. The molecule has 2 aromatic rings.